The molecule has 2 amide bonds. The highest BCUT2D eigenvalue weighted by Crippen LogP contribution is 2.32. The molecule has 0 aromatic heterocycles. The van der Waals surface area contributed by atoms with Crippen molar-refractivity contribution in [1.29, 1.82) is 0 Å². The third-order valence-corrected chi connectivity index (χ3v) is 5.92. The number of fused-ring (bicyclic) bond motifs is 1. The van der Waals surface area contributed by atoms with E-state index in [1.54, 1.807) is 0 Å². The summed E-state index contributed by atoms with van der Waals surface area (Å²) < 4.78 is 0. The number of nitrogens with zero attached hydrogens (tertiary/aromatic N) is 2. The Morgan fingerprint density at radius 2 is 1.89 bits per heavy atom. The lowest BCUT2D eigenvalue weighted by atomic mass is 9.95. The first kappa shape index (κ1) is 18.9. The number of hydrogen-bond donors (Lipinski definition) is 1. The Morgan fingerprint density at radius 1 is 1.11 bits per heavy atom. The zero-order valence-corrected chi connectivity index (χ0v) is 16.2. The maximum atomic E-state index is 13.3. The third-order valence-electron chi connectivity index (χ3n) is 5.92. The average molecular weight is 380 g/mol. The molecule has 5 heteroatoms. The van der Waals surface area contributed by atoms with E-state index in [2.05, 4.69) is 24.3 Å². The predicted octanol–water partition coefficient (Wildman–Crippen LogP) is 2.95. The van der Waals surface area contributed by atoms with Gasteiger partial charge in [0.1, 0.15) is 0 Å². The summed E-state index contributed by atoms with van der Waals surface area (Å²) in [7, 11) is 0. The van der Waals surface area contributed by atoms with Crippen LogP contribution >= 0.6 is 0 Å². The van der Waals surface area contributed by atoms with Crippen LogP contribution in [0.15, 0.2) is 42.5 Å². The normalized spacial score (nSPS) is 19.8. The summed E-state index contributed by atoms with van der Waals surface area (Å²) >= 11 is 0. The van der Waals surface area contributed by atoms with Gasteiger partial charge in [-0.05, 0) is 42.0 Å². The molecule has 1 saturated heterocycles. The molecule has 5 nitrogen and oxygen atoms in total. The highest BCUT2D eigenvalue weighted by Gasteiger charge is 2.39. The molecule has 4 rings (SSSR count). The minimum Gasteiger partial charge on any atom is -0.396 e. The maximum Gasteiger partial charge on any atom is 0.227 e. The van der Waals surface area contributed by atoms with E-state index in [0.717, 1.165) is 29.2 Å². The van der Waals surface area contributed by atoms with Gasteiger partial charge in [0.05, 0.1) is 5.92 Å². The molecule has 1 aliphatic heterocycles. The molecule has 0 radical (unpaired) electrons. The van der Waals surface area contributed by atoms with Crippen LogP contribution in [0.4, 0.5) is 0 Å². The van der Waals surface area contributed by atoms with E-state index in [0.29, 0.717) is 44.9 Å². The lowest BCUT2D eigenvalue weighted by Gasteiger charge is -2.35. The molecule has 1 unspecified atom stereocenters. The van der Waals surface area contributed by atoms with E-state index in [1.165, 1.54) is 0 Å². The summed E-state index contributed by atoms with van der Waals surface area (Å²) in [6, 6.07) is 14.7. The second-order valence-electron chi connectivity index (χ2n) is 7.99. The van der Waals surface area contributed by atoms with Gasteiger partial charge >= 0.3 is 0 Å². The van der Waals surface area contributed by atoms with Gasteiger partial charge in [-0.25, -0.2) is 0 Å². The molecule has 1 N–H and O–H groups in total. The number of aliphatic hydroxyl groups is 1. The number of rotatable bonds is 7. The lowest BCUT2D eigenvalue weighted by Crippen LogP contribution is -2.48. The standard InChI is InChI=1S/C23H28N2O3/c26-14-4-13-24(15-18-7-3-6-17-5-1-2-8-21(17)18)23(28)19-9-12-22(27)25(16-19)20-10-11-20/h1-3,5-8,19-20,26H,4,9-16H2. The number of benzene rings is 2. The topological polar surface area (TPSA) is 60.9 Å². The molecule has 1 atom stereocenters. The second kappa shape index (κ2) is 8.31. The van der Waals surface area contributed by atoms with Gasteiger partial charge in [-0.1, -0.05) is 42.5 Å². The molecular weight excluding hydrogens is 352 g/mol. The molecule has 2 aliphatic rings. The smallest absolute Gasteiger partial charge is 0.227 e. The van der Waals surface area contributed by atoms with E-state index in [-0.39, 0.29) is 24.3 Å². The number of carbonyl (C=O) groups is 2. The molecule has 2 fully saturated rings. The fourth-order valence-electron chi connectivity index (χ4n) is 4.24. The van der Waals surface area contributed by atoms with Crippen LogP contribution in [0, 0.1) is 5.92 Å². The largest absolute Gasteiger partial charge is 0.396 e. The third kappa shape index (κ3) is 4.04. The van der Waals surface area contributed by atoms with Crippen molar-refractivity contribution >= 4 is 22.6 Å². The van der Waals surface area contributed by atoms with E-state index in [4.69, 9.17) is 0 Å². The molecule has 2 aromatic rings. The van der Waals surface area contributed by atoms with Crippen LogP contribution in [-0.2, 0) is 16.1 Å². The fraction of sp³-hybridized carbons (Fsp3) is 0.478. The Hall–Kier alpha value is -2.40. The van der Waals surface area contributed by atoms with Crippen molar-refractivity contribution in [3.63, 3.8) is 0 Å². The van der Waals surface area contributed by atoms with Crippen molar-refractivity contribution in [3.8, 4) is 0 Å². The first-order chi connectivity index (χ1) is 13.7. The lowest BCUT2D eigenvalue weighted by molar-refractivity contribution is -0.144. The second-order valence-corrected chi connectivity index (χ2v) is 7.99. The first-order valence-electron chi connectivity index (χ1n) is 10.3. The molecule has 0 bridgehead atoms. The summed E-state index contributed by atoms with van der Waals surface area (Å²) in [5, 5.41) is 11.6. The molecule has 1 heterocycles. The highest BCUT2D eigenvalue weighted by molar-refractivity contribution is 5.87. The van der Waals surface area contributed by atoms with Crippen LogP contribution in [0.3, 0.4) is 0 Å². The van der Waals surface area contributed by atoms with Crippen LogP contribution in [0.5, 0.6) is 0 Å². The highest BCUT2D eigenvalue weighted by atomic mass is 16.3. The minimum atomic E-state index is -0.132. The number of amides is 2. The number of carbonyl (C=O) groups excluding carboxylic acids is 2. The molecule has 1 aliphatic carbocycles. The van der Waals surface area contributed by atoms with Crippen LogP contribution < -0.4 is 0 Å². The van der Waals surface area contributed by atoms with Gasteiger partial charge in [-0.3, -0.25) is 9.59 Å². The Kier molecular flexibility index (Phi) is 5.62. The van der Waals surface area contributed by atoms with Gasteiger partial charge < -0.3 is 14.9 Å². The van der Waals surface area contributed by atoms with Gasteiger partial charge in [-0.2, -0.15) is 0 Å². The van der Waals surface area contributed by atoms with Crippen molar-refractivity contribution in [2.24, 2.45) is 5.92 Å². The van der Waals surface area contributed by atoms with E-state index in [1.807, 2.05) is 28.0 Å². The van der Waals surface area contributed by atoms with Crippen molar-refractivity contribution in [3.05, 3.63) is 48.0 Å². The molecule has 148 valence electrons. The summed E-state index contributed by atoms with van der Waals surface area (Å²) in [5.41, 5.74) is 1.12. The maximum absolute atomic E-state index is 13.3. The predicted molar refractivity (Wildman–Crippen MR) is 109 cm³/mol. The molecule has 0 spiro atoms. The Labute approximate surface area is 165 Å². The molecule has 28 heavy (non-hydrogen) atoms. The van der Waals surface area contributed by atoms with Crippen LogP contribution in [0.25, 0.3) is 10.8 Å². The number of aliphatic hydroxyl groups excluding tert-OH is 1. The Morgan fingerprint density at radius 3 is 2.68 bits per heavy atom. The van der Waals surface area contributed by atoms with Crippen LogP contribution in [0.2, 0.25) is 0 Å². The van der Waals surface area contributed by atoms with E-state index >= 15 is 0 Å². The fourth-order valence-corrected chi connectivity index (χ4v) is 4.24. The zero-order valence-electron chi connectivity index (χ0n) is 16.2. The molecular formula is C23H28N2O3. The van der Waals surface area contributed by atoms with Crippen LogP contribution in [-0.4, -0.2) is 52.5 Å². The van der Waals surface area contributed by atoms with Crippen molar-refractivity contribution < 1.29 is 14.7 Å². The van der Waals surface area contributed by atoms with Crippen LogP contribution in [0.1, 0.15) is 37.7 Å². The summed E-state index contributed by atoms with van der Waals surface area (Å²) in [4.78, 5) is 29.3. The quantitative estimate of drug-likeness (QED) is 0.803. The minimum absolute atomic E-state index is 0.0661. The van der Waals surface area contributed by atoms with Gasteiger partial charge in [-0.15, -0.1) is 0 Å². The molecule has 1 saturated carbocycles. The zero-order chi connectivity index (χ0) is 19.5. The molecule has 2 aromatic carbocycles. The van der Waals surface area contributed by atoms with Gasteiger partial charge in [0, 0.05) is 38.7 Å². The number of piperidine rings is 1. The summed E-state index contributed by atoms with van der Waals surface area (Å²) in [6.45, 7) is 1.69. The monoisotopic (exact) mass is 380 g/mol. The number of likely N-dealkylation sites (tertiary alicyclic amines) is 1. The van der Waals surface area contributed by atoms with Gasteiger partial charge in [0.2, 0.25) is 11.8 Å². The van der Waals surface area contributed by atoms with Crippen molar-refractivity contribution in [1.82, 2.24) is 9.80 Å². The summed E-state index contributed by atoms with van der Waals surface area (Å²) in [6.07, 6.45) is 3.79. The van der Waals surface area contributed by atoms with Crippen molar-refractivity contribution in [2.75, 3.05) is 19.7 Å². The van der Waals surface area contributed by atoms with E-state index in [9.17, 15) is 14.7 Å². The number of hydrogen-bond acceptors (Lipinski definition) is 3. The Balaban J connectivity index is 1.53. The van der Waals surface area contributed by atoms with Gasteiger partial charge in [0.15, 0.2) is 0 Å². The average Bonchev–Trinajstić information content (AvgIpc) is 3.56. The summed E-state index contributed by atoms with van der Waals surface area (Å²) in [5.74, 6) is 0.175. The van der Waals surface area contributed by atoms with Gasteiger partial charge in [0.25, 0.3) is 0 Å². The van der Waals surface area contributed by atoms with Crippen molar-refractivity contribution in [2.45, 2.75) is 44.7 Å². The SMILES string of the molecule is O=C(C1CCC(=O)N(C2CC2)C1)N(CCCO)Cc1cccc2ccccc12. The first-order valence-corrected chi connectivity index (χ1v) is 10.3. The van der Waals surface area contributed by atoms with E-state index < -0.39 is 0 Å². The Bertz CT molecular complexity index is 857.